The van der Waals surface area contributed by atoms with Crippen molar-refractivity contribution in [3.05, 3.63) is 12.2 Å². The van der Waals surface area contributed by atoms with Gasteiger partial charge < -0.3 is 5.11 Å². The summed E-state index contributed by atoms with van der Waals surface area (Å²) < 4.78 is 0. The van der Waals surface area contributed by atoms with Gasteiger partial charge in [0.2, 0.25) is 0 Å². The molecule has 0 aliphatic carbocycles. The third-order valence-corrected chi connectivity index (χ3v) is 1.52. The van der Waals surface area contributed by atoms with Gasteiger partial charge in [0.25, 0.3) is 0 Å². The molecule has 0 saturated carbocycles. The molecule has 0 fully saturated rings. The molecule has 0 aliphatic rings. The average Bonchev–Trinajstić information content (AvgIpc) is 1.83. The van der Waals surface area contributed by atoms with E-state index in [2.05, 4.69) is 20.8 Å². The van der Waals surface area contributed by atoms with Gasteiger partial charge in [0.15, 0.2) is 0 Å². The minimum atomic E-state index is -0.762. The van der Waals surface area contributed by atoms with E-state index in [1.54, 1.807) is 6.08 Å². The van der Waals surface area contributed by atoms with Crippen LogP contribution in [0.4, 0.5) is 0 Å². The lowest BCUT2D eigenvalue weighted by Crippen LogP contribution is -2.03. The van der Waals surface area contributed by atoms with Crippen LogP contribution in [0.1, 0.15) is 40.0 Å². The van der Waals surface area contributed by atoms with Crippen molar-refractivity contribution in [1.82, 2.24) is 0 Å². The third-order valence-electron chi connectivity index (χ3n) is 1.52. The topological polar surface area (TPSA) is 37.3 Å². The minimum Gasteiger partial charge on any atom is -0.481 e. The van der Waals surface area contributed by atoms with Crippen molar-refractivity contribution in [2.75, 3.05) is 0 Å². The Labute approximate surface area is 74.3 Å². The van der Waals surface area contributed by atoms with Gasteiger partial charge in [-0.2, -0.15) is 0 Å². The number of allylic oxidation sites excluding steroid dienone is 1. The number of aliphatic carboxylic acids is 1. The number of hydrogen-bond donors (Lipinski definition) is 1. The number of hydrogen-bond acceptors (Lipinski definition) is 1. The number of carbonyl (C=O) groups is 1. The van der Waals surface area contributed by atoms with Gasteiger partial charge in [-0.25, -0.2) is 0 Å². The predicted molar refractivity (Wildman–Crippen MR) is 50.1 cm³/mol. The fraction of sp³-hybridized carbons (Fsp3) is 0.700. The average molecular weight is 170 g/mol. The molecule has 0 heterocycles. The summed E-state index contributed by atoms with van der Waals surface area (Å²) in [5.41, 5.74) is 0.341. The minimum absolute atomic E-state index is 0.143. The molecule has 0 rings (SSSR count). The summed E-state index contributed by atoms with van der Waals surface area (Å²) in [6, 6.07) is 0. The first-order chi connectivity index (χ1) is 5.42. The van der Waals surface area contributed by atoms with E-state index in [-0.39, 0.29) is 6.42 Å². The van der Waals surface area contributed by atoms with Gasteiger partial charge >= 0.3 is 5.97 Å². The van der Waals surface area contributed by atoms with Crippen molar-refractivity contribution in [2.45, 2.75) is 40.0 Å². The van der Waals surface area contributed by atoms with Crippen LogP contribution in [-0.2, 0) is 4.79 Å². The number of rotatable bonds is 4. The van der Waals surface area contributed by atoms with E-state index in [1.807, 2.05) is 6.08 Å². The first-order valence-corrected chi connectivity index (χ1v) is 4.28. The molecule has 0 aromatic heterocycles. The van der Waals surface area contributed by atoms with Gasteiger partial charge in [0, 0.05) is 0 Å². The highest BCUT2D eigenvalue weighted by Gasteiger charge is 2.07. The SMILES string of the molecule is CC(C)(C)CCC=CCC(=O)O. The Hall–Kier alpha value is -0.790. The highest BCUT2D eigenvalue weighted by molar-refractivity contribution is 5.68. The van der Waals surface area contributed by atoms with Gasteiger partial charge in [-0.05, 0) is 18.3 Å². The molecule has 0 amide bonds. The first-order valence-electron chi connectivity index (χ1n) is 4.28. The maximum absolute atomic E-state index is 10.1. The molecular formula is C10H18O2. The van der Waals surface area contributed by atoms with Gasteiger partial charge in [-0.3, -0.25) is 4.79 Å². The Bertz CT molecular complexity index is 163. The number of carboxylic acid groups (broad SMARTS) is 1. The Kier molecular flexibility index (Phi) is 4.64. The van der Waals surface area contributed by atoms with Crippen molar-refractivity contribution >= 4 is 5.97 Å². The highest BCUT2D eigenvalue weighted by Crippen LogP contribution is 2.20. The van der Waals surface area contributed by atoms with Crippen LogP contribution >= 0.6 is 0 Å². The lowest BCUT2D eigenvalue weighted by atomic mass is 9.90. The zero-order valence-corrected chi connectivity index (χ0v) is 8.13. The Morgan fingerprint density at radius 1 is 1.33 bits per heavy atom. The first kappa shape index (κ1) is 11.2. The molecule has 0 aromatic carbocycles. The standard InChI is InChI=1S/C10H18O2/c1-10(2,3)8-6-4-5-7-9(11)12/h4-5H,6-8H2,1-3H3,(H,11,12). The molecule has 1 N–H and O–H groups in total. The normalized spacial score (nSPS) is 12.2. The van der Waals surface area contributed by atoms with Crippen LogP contribution in [-0.4, -0.2) is 11.1 Å². The molecule has 0 saturated heterocycles. The second-order valence-electron chi connectivity index (χ2n) is 4.17. The van der Waals surface area contributed by atoms with E-state index in [9.17, 15) is 4.79 Å². The molecule has 0 bridgehead atoms. The molecule has 2 heteroatoms. The molecule has 0 aliphatic heterocycles. The second kappa shape index (κ2) is 4.96. The maximum Gasteiger partial charge on any atom is 0.307 e. The van der Waals surface area contributed by atoms with Crippen molar-refractivity contribution < 1.29 is 9.90 Å². The van der Waals surface area contributed by atoms with E-state index < -0.39 is 5.97 Å². The van der Waals surface area contributed by atoms with Crippen molar-refractivity contribution in [2.24, 2.45) is 5.41 Å². The monoisotopic (exact) mass is 170 g/mol. The predicted octanol–water partition coefficient (Wildman–Crippen LogP) is 2.84. The van der Waals surface area contributed by atoms with Crippen LogP contribution in [0.2, 0.25) is 0 Å². The largest absolute Gasteiger partial charge is 0.481 e. The van der Waals surface area contributed by atoms with Crippen LogP contribution in [0.5, 0.6) is 0 Å². The molecular weight excluding hydrogens is 152 g/mol. The van der Waals surface area contributed by atoms with E-state index in [0.717, 1.165) is 12.8 Å². The summed E-state index contributed by atoms with van der Waals surface area (Å²) >= 11 is 0. The molecule has 12 heavy (non-hydrogen) atoms. The lowest BCUT2D eigenvalue weighted by molar-refractivity contribution is -0.136. The van der Waals surface area contributed by atoms with Crippen molar-refractivity contribution in [1.29, 1.82) is 0 Å². The van der Waals surface area contributed by atoms with E-state index in [0.29, 0.717) is 5.41 Å². The van der Waals surface area contributed by atoms with E-state index in [1.165, 1.54) is 0 Å². The Morgan fingerprint density at radius 3 is 2.33 bits per heavy atom. The van der Waals surface area contributed by atoms with Crippen LogP contribution in [0.3, 0.4) is 0 Å². The molecule has 0 aromatic rings. The van der Waals surface area contributed by atoms with Crippen molar-refractivity contribution in [3.63, 3.8) is 0 Å². The van der Waals surface area contributed by atoms with Gasteiger partial charge in [0.1, 0.15) is 0 Å². The third kappa shape index (κ3) is 9.21. The molecule has 70 valence electrons. The summed E-state index contributed by atoms with van der Waals surface area (Å²) in [5, 5.41) is 8.32. The molecule has 0 atom stereocenters. The Morgan fingerprint density at radius 2 is 1.92 bits per heavy atom. The summed E-state index contributed by atoms with van der Waals surface area (Å²) in [4.78, 5) is 10.1. The number of carboxylic acids is 1. The molecule has 0 unspecified atom stereocenters. The molecule has 2 nitrogen and oxygen atoms in total. The zero-order chi connectivity index (χ0) is 9.61. The van der Waals surface area contributed by atoms with Crippen LogP contribution in [0.25, 0.3) is 0 Å². The molecule has 0 radical (unpaired) electrons. The van der Waals surface area contributed by atoms with Crippen molar-refractivity contribution in [3.8, 4) is 0 Å². The van der Waals surface area contributed by atoms with E-state index >= 15 is 0 Å². The van der Waals surface area contributed by atoms with Crippen LogP contribution < -0.4 is 0 Å². The van der Waals surface area contributed by atoms with Gasteiger partial charge in [0.05, 0.1) is 6.42 Å². The fourth-order valence-electron chi connectivity index (χ4n) is 0.818. The summed E-state index contributed by atoms with van der Waals surface area (Å²) in [6.45, 7) is 6.54. The summed E-state index contributed by atoms with van der Waals surface area (Å²) in [7, 11) is 0. The van der Waals surface area contributed by atoms with Crippen LogP contribution in [0, 0.1) is 5.41 Å². The zero-order valence-electron chi connectivity index (χ0n) is 8.13. The Balaban J connectivity index is 3.43. The highest BCUT2D eigenvalue weighted by atomic mass is 16.4. The van der Waals surface area contributed by atoms with Gasteiger partial charge in [-0.1, -0.05) is 32.9 Å². The maximum atomic E-state index is 10.1. The summed E-state index contributed by atoms with van der Waals surface area (Å²) in [6.07, 6.45) is 5.87. The smallest absolute Gasteiger partial charge is 0.307 e. The lowest BCUT2D eigenvalue weighted by Gasteiger charge is -2.15. The van der Waals surface area contributed by atoms with Gasteiger partial charge in [-0.15, -0.1) is 0 Å². The van der Waals surface area contributed by atoms with Crippen LogP contribution in [0.15, 0.2) is 12.2 Å². The quantitative estimate of drug-likeness (QED) is 0.659. The summed E-state index contributed by atoms with van der Waals surface area (Å²) in [5.74, 6) is -0.762. The molecule has 0 spiro atoms. The fourth-order valence-corrected chi connectivity index (χ4v) is 0.818. The second-order valence-corrected chi connectivity index (χ2v) is 4.17. The van der Waals surface area contributed by atoms with E-state index in [4.69, 9.17) is 5.11 Å².